The first kappa shape index (κ1) is 13.4. The molecule has 1 aliphatic carbocycles. The minimum Gasteiger partial charge on any atom is -0.489 e. The van der Waals surface area contributed by atoms with Crippen molar-refractivity contribution in [1.29, 1.82) is 0 Å². The monoisotopic (exact) mass is 274 g/mol. The van der Waals surface area contributed by atoms with Crippen LogP contribution in [0, 0.1) is 0 Å². The number of fused-ring (bicyclic) bond motifs is 1. The highest BCUT2D eigenvalue weighted by atomic mass is 16.5. The molecular formula is C16H22N2O2. The van der Waals surface area contributed by atoms with Gasteiger partial charge in [-0.3, -0.25) is 4.68 Å². The second kappa shape index (κ2) is 5.44. The average molecular weight is 274 g/mol. The Labute approximate surface area is 119 Å². The number of ether oxygens (including phenoxy) is 2. The van der Waals surface area contributed by atoms with Gasteiger partial charge in [-0.25, -0.2) is 0 Å². The molecule has 0 saturated heterocycles. The highest BCUT2D eigenvalue weighted by Gasteiger charge is 2.21. The Morgan fingerprint density at radius 2 is 2.10 bits per heavy atom. The van der Waals surface area contributed by atoms with E-state index in [0.717, 1.165) is 11.3 Å². The smallest absolute Gasteiger partial charge is 0.147 e. The zero-order valence-electron chi connectivity index (χ0n) is 12.4. The number of rotatable bonds is 6. The van der Waals surface area contributed by atoms with E-state index < -0.39 is 0 Å². The van der Waals surface area contributed by atoms with Crippen molar-refractivity contribution in [3.63, 3.8) is 0 Å². The zero-order chi connectivity index (χ0) is 14.1. The van der Waals surface area contributed by atoms with Crippen LogP contribution < -0.4 is 4.74 Å². The lowest BCUT2D eigenvalue weighted by Gasteiger charge is -2.11. The zero-order valence-corrected chi connectivity index (χ0v) is 12.4. The van der Waals surface area contributed by atoms with E-state index in [1.165, 1.54) is 23.8 Å². The molecule has 4 heteroatoms. The normalized spacial score (nSPS) is 15.2. The number of aromatic nitrogens is 2. The van der Waals surface area contributed by atoms with Crippen LogP contribution in [0.4, 0.5) is 0 Å². The van der Waals surface area contributed by atoms with E-state index in [4.69, 9.17) is 9.47 Å². The van der Waals surface area contributed by atoms with Crippen LogP contribution in [0.15, 0.2) is 18.3 Å². The number of hydrogen-bond acceptors (Lipinski definition) is 3. The topological polar surface area (TPSA) is 36.3 Å². The molecule has 20 heavy (non-hydrogen) atoms. The van der Waals surface area contributed by atoms with Crippen molar-refractivity contribution in [2.45, 2.75) is 38.7 Å². The maximum absolute atomic E-state index is 5.84. The molecule has 0 aliphatic heterocycles. The minimum atomic E-state index is 0.481. The molecule has 2 aromatic rings. The summed E-state index contributed by atoms with van der Waals surface area (Å²) in [5.74, 6) is 1.33. The molecule has 1 aromatic heterocycles. The molecule has 1 aliphatic rings. The predicted octanol–water partition coefficient (Wildman–Crippen LogP) is 3.25. The van der Waals surface area contributed by atoms with E-state index in [9.17, 15) is 0 Å². The van der Waals surface area contributed by atoms with Crippen LogP contribution >= 0.6 is 0 Å². The van der Waals surface area contributed by atoms with Gasteiger partial charge in [0.1, 0.15) is 17.9 Å². The predicted molar refractivity (Wildman–Crippen MR) is 79.3 cm³/mol. The van der Waals surface area contributed by atoms with Crippen LogP contribution in [0.3, 0.4) is 0 Å². The third-order valence-electron chi connectivity index (χ3n) is 3.63. The second-order valence-electron chi connectivity index (χ2n) is 5.79. The van der Waals surface area contributed by atoms with E-state index >= 15 is 0 Å². The summed E-state index contributed by atoms with van der Waals surface area (Å²) in [5, 5.41) is 5.72. The summed E-state index contributed by atoms with van der Waals surface area (Å²) in [6.07, 6.45) is 4.95. The Hall–Kier alpha value is -1.55. The molecule has 0 radical (unpaired) electrons. The molecule has 1 heterocycles. The third kappa shape index (κ3) is 2.80. The fourth-order valence-corrected chi connectivity index (χ4v) is 2.44. The van der Waals surface area contributed by atoms with Crippen molar-refractivity contribution in [2.24, 2.45) is 7.05 Å². The average Bonchev–Trinajstić information content (AvgIpc) is 3.14. The fraction of sp³-hybridized carbons (Fsp3) is 0.562. The van der Waals surface area contributed by atoms with E-state index in [1.54, 1.807) is 0 Å². The lowest BCUT2D eigenvalue weighted by Crippen LogP contribution is -2.08. The van der Waals surface area contributed by atoms with Gasteiger partial charge in [0.15, 0.2) is 0 Å². The highest BCUT2D eigenvalue weighted by molar-refractivity contribution is 5.87. The quantitative estimate of drug-likeness (QED) is 0.759. The largest absolute Gasteiger partial charge is 0.489 e. The summed E-state index contributed by atoms with van der Waals surface area (Å²) in [4.78, 5) is 0. The SMILES string of the molecule is CC(C)c1ccc(OCCOC2CC2)c2nn(C)cc12. The number of nitrogens with zero attached hydrogens (tertiary/aromatic N) is 2. The molecular weight excluding hydrogens is 252 g/mol. The van der Waals surface area contributed by atoms with Gasteiger partial charge in [-0.1, -0.05) is 19.9 Å². The number of benzene rings is 1. The number of hydrogen-bond donors (Lipinski definition) is 0. The fourth-order valence-electron chi connectivity index (χ4n) is 2.44. The lowest BCUT2D eigenvalue weighted by atomic mass is 9.99. The third-order valence-corrected chi connectivity index (χ3v) is 3.63. The van der Waals surface area contributed by atoms with Crippen molar-refractivity contribution in [1.82, 2.24) is 9.78 Å². The molecule has 4 nitrogen and oxygen atoms in total. The molecule has 0 bridgehead atoms. The van der Waals surface area contributed by atoms with Crippen LogP contribution in [0.5, 0.6) is 5.75 Å². The van der Waals surface area contributed by atoms with E-state index in [0.29, 0.717) is 25.2 Å². The molecule has 0 unspecified atom stereocenters. The van der Waals surface area contributed by atoms with Crippen LogP contribution in [-0.2, 0) is 11.8 Å². The second-order valence-corrected chi connectivity index (χ2v) is 5.79. The molecule has 108 valence electrons. The van der Waals surface area contributed by atoms with Crippen molar-refractivity contribution < 1.29 is 9.47 Å². The van der Waals surface area contributed by atoms with E-state index in [1.807, 2.05) is 17.8 Å². The van der Waals surface area contributed by atoms with Gasteiger partial charge in [-0.15, -0.1) is 0 Å². The van der Waals surface area contributed by atoms with Gasteiger partial charge in [-0.2, -0.15) is 5.10 Å². The lowest BCUT2D eigenvalue weighted by molar-refractivity contribution is 0.0885. The molecule has 0 atom stereocenters. The summed E-state index contributed by atoms with van der Waals surface area (Å²) < 4.78 is 13.3. The van der Waals surface area contributed by atoms with Gasteiger partial charge in [0.2, 0.25) is 0 Å². The Kier molecular flexibility index (Phi) is 3.66. The van der Waals surface area contributed by atoms with Crippen LogP contribution in [0.1, 0.15) is 38.2 Å². The summed E-state index contributed by atoms with van der Waals surface area (Å²) in [5.41, 5.74) is 2.26. The first-order valence-electron chi connectivity index (χ1n) is 7.36. The maximum atomic E-state index is 5.84. The molecule has 1 aromatic carbocycles. The van der Waals surface area contributed by atoms with Gasteiger partial charge >= 0.3 is 0 Å². The summed E-state index contributed by atoms with van der Waals surface area (Å²) in [7, 11) is 1.95. The molecule has 0 amide bonds. The van der Waals surface area contributed by atoms with Crippen molar-refractivity contribution in [2.75, 3.05) is 13.2 Å². The summed E-state index contributed by atoms with van der Waals surface area (Å²) in [6, 6.07) is 4.17. The highest BCUT2D eigenvalue weighted by Crippen LogP contribution is 2.31. The Morgan fingerprint density at radius 1 is 1.30 bits per heavy atom. The summed E-state index contributed by atoms with van der Waals surface area (Å²) in [6.45, 7) is 5.64. The molecule has 0 spiro atoms. The molecule has 1 saturated carbocycles. The maximum Gasteiger partial charge on any atom is 0.147 e. The van der Waals surface area contributed by atoms with E-state index in [-0.39, 0.29) is 0 Å². The van der Waals surface area contributed by atoms with Crippen LogP contribution in [0.25, 0.3) is 10.9 Å². The molecule has 3 rings (SSSR count). The Bertz CT molecular complexity index is 600. The van der Waals surface area contributed by atoms with Crippen LogP contribution in [-0.4, -0.2) is 29.1 Å². The van der Waals surface area contributed by atoms with Crippen molar-refractivity contribution >= 4 is 10.9 Å². The van der Waals surface area contributed by atoms with Gasteiger partial charge in [-0.05, 0) is 30.4 Å². The molecule has 0 N–H and O–H groups in total. The molecule has 1 fully saturated rings. The van der Waals surface area contributed by atoms with Crippen molar-refractivity contribution in [3.05, 3.63) is 23.9 Å². The van der Waals surface area contributed by atoms with Gasteiger partial charge in [0.05, 0.1) is 12.7 Å². The van der Waals surface area contributed by atoms with Crippen LogP contribution in [0.2, 0.25) is 0 Å². The van der Waals surface area contributed by atoms with Gasteiger partial charge in [0, 0.05) is 18.6 Å². The standard InChI is InChI=1S/C16H22N2O2/c1-11(2)13-6-7-15(16-14(13)10-18(3)17-16)20-9-8-19-12-4-5-12/h6-7,10-12H,4-5,8-9H2,1-3H3. The van der Waals surface area contributed by atoms with Gasteiger partial charge < -0.3 is 9.47 Å². The minimum absolute atomic E-state index is 0.481. The first-order valence-corrected chi connectivity index (χ1v) is 7.36. The van der Waals surface area contributed by atoms with Crippen molar-refractivity contribution in [3.8, 4) is 5.75 Å². The summed E-state index contributed by atoms with van der Waals surface area (Å²) >= 11 is 0. The Morgan fingerprint density at radius 3 is 2.80 bits per heavy atom. The number of aryl methyl sites for hydroxylation is 1. The van der Waals surface area contributed by atoms with E-state index in [2.05, 4.69) is 31.2 Å². The van der Waals surface area contributed by atoms with Gasteiger partial charge in [0.25, 0.3) is 0 Å². The Balaban J connectivity index is 1.77. The first-order chi connectivity index (χ1) is 9.65.